The summed E-state index contributed by atoms with van der Waals surface area (Å²) in [6.07, 6.45) is 4.86. The van der Waals surface area contributed by atoms with Crippen molar-refractivity contribution in [3.8, 4) is 0 Å². The minimum atomic E-state index is 0.0687. The number of hydrogen-bond donors (Lipinski definition) is 1. The van der Waals surface area contributed by atoms with Gasteiger partial charge in [-0.05, 0) is 32.7 Å². The molecule has 0 bridgehead atoms. The van der Waals surface area contributed by atoms with Crippen LogP contribution in [0.5, 0.6) is 0 Å². The minimum absolute atomic E-state index is 0.0687. The number of rotatable bonds is 3. The lowest BCUT2D eigenvalue weighted by molar-refractivity contribution is -0.0512. The summed E-state index contributed by atoms with van der Waals surface area (Å²) in [5, 5.41) is 3.55. The summed E-state index contributed by atoms with van der Waals surface area (Å²) in [4.78, 5) is 0. The number of nitrogens with one attached hydrogen (secondary N) is 1. The van der Waals surface area contributed by atoms with E-state index >= 15 is 0 Å². The fourth-order valence-electron chi connectivity index (χ4n) is 2.18. The van der Waals surface area contributed by atoms with Crippen LogP contribution in [0.25, 0.3) is 0 Å². The minimum Gasteiger partial charge on any atom is -0.350 e. The Morgan fingerprint density at radius 2 is 2.15 bits per heavy atom. The molecule has 2 rings (SSSR count). The van der Waals surface area contributed by atoms with E-state index in [0.29, 0.717) is 5.54 Å². The van der Waals surface area contributed by atoms with Gasteiger partial charge in [0.1, 0.15) is 0 Å². The lowest BCUT2D eigenvalue weighted by Gasteiger charge is -2.25. The van der Waals surface area contributed by atoms with Crippen molar-refractivity contribution < 1.29 is 9.47 Å². The smallest absolute Gasteiger partial charge is 0.157 e. The van der Waals surface area contributed by atoms with Crippen LogP contribution in [0.15, 0.2) is 0 Å². The van der Waals surface area contributed by atoms with E-state index in [1.54, 1.807) is 0 Å². The lowest BCUT2D eigenvalue weighted by atomic mass is 9.94. The Hall–Kier alpha value is -0.120. The average Bonchev–Trinajstić information content (AvgIpc) is 2.72. The molecule has 0 aromatic carbocycles. The fourth-order valence-corrected chi connectivity index (χ4v) is 2.18. The van der Waals surface area contributed by atoms with Gasteiger partial charge in [-0.15, -0.1) is 0 Å². The van der Waals surface area contributed by atoms with E-state index in [-0.39, 0.29) is 6.29 Å². The van der Waals surface area contributed by atoms with Crippen LogP contribution < -0.4 is 5.32 Å². The van der Waals surface area contributed by atoms with Crippen LogP contribution in [0.3, 0.4) is 0 Å². The highest BCUT2D eigenvalue weighted by molar-refractivity contribution is 4.88. The first-order valence-corrected chi connectivity index (χ1v) is 5.27. The Balaban J connectivity index is 1.71. The maximum absolute atomic E-state index is 5.41. The second-order valence-electron chi connectivity index (χ2n) is 4.30. The van der Waals surface area contributed by atoms with E-state index in [4.69, 9.17) is 9.47 Å². The predicted octanol–water partition coefficient (Wildman–Crippen LogP) is 1.28. The Labute approximate surface area is 79.8 Å². The molecule has 1 atom stereocenters. The third-order valence-corrected chi connectivity index (χ3v) is 3.08. The van der Waals surface area contributed by atoms with E-state index in [1.165, 1.54) is 19.4 Å². The molecule has 2 saturated heterocycles. The van der Waals surface area contributed by atoms with Crippen molar-refractivity contribution in [2.75, 3.05) is 19.8 Å². The van der Waals surface area contributed by atoms with Gasteiger partial charge in [0.25, 0.3) is 0 Å². The van der Waals surface area contributed by atoms with Crippen LogP contribution >= 0.6 is 0 Å². The molecule has 1 unspecified atom stereocenters. The zero-order chi connectivity index (χ0) is 9.15. The van der Waals surface area contributed by atoms with E-state index in [2.05, 4.69) is 12.2 Å². The SMILES string of the molecule is CC1(CCC2OCCO2)CCCN1. The lowest BCUT2D eigenvalue weighted by Crippen LogP contribution is -2.36. The molecule has 0 spiro atoms. The summed E-state index contributed by atoms with van der Waals surface area (Å²) < 4.78 is 10.8. The molecule has 0 saturated carbocycles. The van der Waals surface area contributed by atoms with Gasteiger partial charge in [-0.3, -0.25) is 0 Å². The van der Waals surface area contributed by atoms with Crippen molar-refractivity contribution in [1.82, 2.24) is 5.32 Å². The zero-order valence-corrected chi connectivity index (χ0v) is 8.34. The molecule has 2 aliphatic rings. The monoisotopic (exact) mass is 185 g/mol. The molecule has 0 amide bonds. The molecule has 1 N–H and O–H groups in total. The maximum atomic E-state index is 5.41. The number of ether oxygens (including phenoxy) is 2. The number of hydrogen-bond acceptors (Lipinski definition) is 3. The van der Waals surface area contributed by atoms with Gasteiger partial charge in [0, 0.05) is 12.0 Å². The maximum Gasteiger partial charge on any atom is 0.157 e. The van der Waals surface area contributed by atoms with Gasteiger partial charge in [-0.25, -0.2) is 0 Å². The Morgan fingerprint density at radius 3 is 2.77 bits per heavy atom. The van der Waals surface area contributed by atoms with Gasteiger partial charge >= 0.3 is 0 Å². The van der Waals surface area contributed by atoms with Crippen LogP contribution in [0, 0.1) is 0 Å². The quantitative estimate of drug-likeness (QED) is 0.718. The molecule has 2 fully saturated rings. The predicted molar refractivity (Wildman–Crippen MR) is 50.6 cm³/mol. The summed E-state index contributed by atoms with van der Waals surface area (Å²) in [7, 11) is 0. The molecule has 0 aliphatic carbocycles. The second-order valence-corrected chi connectivity index (χ2v) is 4.30. The van der Waals surface area contributed by atoms with Crippen molar-refractivity contribution in [3.63, 3.8) is 0 Å². The molecule has 2 heterocycles. The first kappa shape index (κ1) is 9.44. The largest absolute Gasteiger partial charge is 0.350 e. The van der Waals surface area contributed by atoms with E-state index < -0.39 is 0 Å². The molecule has 76 valence electrons. The molecule has 2 aliphatic heterocycles. The fraction of sp³-hybridized carbons (Fsp3) is 1.00. The molecular weight excluding hydrogens is 166 g/mol. The van der Waals surface area contributed by atoms with Gasteiger partial charge < -0.3 is 14.8 Å². The van der Waals surface area contributed by atoms with E-state index in [9.17, 15) is 0 Å². The van der Waals surface area contributed by atoms with Crippen LogP contribution in [0.4, 0.5) is 0 Å². The van der Waals surface area contributed by atoms with Crippen molar-refractivity contribution >= 4 is 0 Å². The first-order chi connectivity index (χ1) is 6.29. The molecule has 0 aromatic rings. The van der Waals surface area contributed by atoms with Gasteiger partial charge in [-0.2, -0.15) is 0 Å². The standard InChI is InChI=1S/C10H19NO2/c1-10(4-2-6-11-10)5-3-9-12-7-8-13-9/h9,11H,2-8H2,1H3. The van der Waals surface area contributed by atoms with Crippen molar-refractivity contribution in [1.29, 1.82) is 0 Å². The Kier molecular flexibility index (Phi) is 2.86. The summed E-state index contributed by atoms with van der Waals surface area (Å²) in [5.74, 6) is 0. The zero-order valence-electron chi connectivity index (χ0n) is 8.34. The third-order valence-electron chi connectivity index (χ3n) is 3.08. The van der Waals surface area contributed by atoms with Crippen molar-refractivity contribution in [2.45, 2.75) is 44.4 Å². The summed E-state index contributed by atoms with van der Waals surface area (Å²) in [6, 6.07) is 0. The van der Waals surface area contributed by atoms with Gasteiger partial charge in [0.15, 0.2) is 6.29 Å². The third kappa shape index (κ3) is 2.42. The van der Waals surface area contributed by atoms with Crippen LogP contribution in [0.2, 0.25) is 0 Å². The first-order valence-electron chi connectivity index (χ1n) is 5.27. The molecule has 0 aromatic heterocycles. The highest BCUT2D eigenvalue weighted by atomic mass is 16.7. The molecular formula is C10H19NO2. The molecule has 3 heteroatoms. The highest BCUT2D eigenvalue weighted by Gasteiger charge is 2.29. The van der Waals surface area contributed by atoms with Crippen LogP contribution in [0.1, 0.15) is 32.6 Å². The van der Waals surface area contributed by atoms with Gasteiger partial charge in [-0.1, -0.05) is 0 Å². The van der Waals surface area contributed by atoms with Crippen molar-refractivity contribution in [2.24, 2.45) is 0 Å². The molecule has 0 radical (unpaired) electrons. The normalized spacial score (nSPS) is 35.8. The highest BCUT2D eigenvalue weighted by Crippen LogP contribution is 2.25. The summed E-state index contributed by atoms with van der Waals surface area (Å²) in [5.41, 5.74) is 0.343. The topological polar surface area (TPSA) is 30.5 Å². The Morgan fingerprint density at radius 1 is 1.38 bits per heavy atom. The van der Waals surface area contributed by atoms with Gasteiger partial charge in [0.2, 0.25) is 0 Å². The molecule has 3 nitrogen and oxygen atoms in total. The summed E-state index contributed by atoms with van der Waals surface area (Å²) >= 11 is 0. The summed E-state index contributed by atoms with van der Waals surface area (Å²) in [6.45, 7) is 5.02. The Bertz CT molecular complexity index is 160. The van der Waals surface area contributed by atoms with Crippen LogP contribution in [-0.2, 0) is 9.47 Å². The van der Waals surface area contributed by atoms with Gasteiger partial charge in [0.05, 0.1) is 13.2 Å². The van der Waals surface area contributed by atoms with Crippen molar-refractivity contribution in [3.05, 3.63) is 0 Å². The van der Waals surface area contributed by atoms with E-state index in [1.807, 2.05) is 0 Å². The van der Waals surface area contributed by atoms with E-state index in [0.717, 1.165) is 26.1 Å². The second kappa shape index (κ2) is 3.95. The van der Waals surface area contributed by atoms with Crippen LogP contribution in [-0.4, -0.2) is 31.6 Å². The average molecular weight is 185 g/mol. The molecule has 13 heavy (non-hydrogen) atoms.